The Balaban J connectivity index is 1.62. The molecule has 2 fully saturated rings. The predicted octanol–water partition coefficient (Wildman–Crippen LogP) is 6.23. The Morgan fingerprint density at radius 2 is 1.57 bits per heavy atom. The number of ether oxygens (including phenoxy) is 8. The maximum absolute atomic E-state index is 14.0. The van der Waals surface area contributed by atoms with Crippen LogP contribution in [-0.2, 0) is 53.9 Å². The Kier molecular flexibility index (Phi) is 22.4. The van der Waals surface area contributed by atoms with Gasteiger partial charge >= 0.3 is 17.9 Å². The second-order valence-corrected chi connectivity index (χ2v) is 20.1. The number of aliphatic hydroxyl groups is 5. The van der Waals surface area contributed by atoms with E-state index in [1.54, 1.807) is 53.7 Å². The van der Waals surface area contributed by atoms with Crippen LogP contribution in [0.1, 0.15) is 111 Å². The third-order valence-electron chi connectivity index (χ3n) is 13.0. The maximum Gasteiger partial charge on any atom is 0.342 e. The van der Waals surface area contributed by atoms with Crippen LogP contribution in [0, 0.1) is 11.8 Å². The molecule has 3 heterocycles. The summed E-state index contributed by atoms with van der Waals surface area (Å²) in [6.45, 7) is 18.0. The summed E-state index contributed by atoms with van der Waals surface area (Å²) in [7, 11) is 1.26. The molecule has 404 valence electrons. The molecule has 0 bridgehead atoms. The average Bonchev–Trinajstić information content (AvgIpc) is 3.32. The van der Waals surface area contributed by atoms with Crippen molar-refractivity contribution in [2.75, 3.05) is 13.7 Å². The van der Waals surface area contributed by atoms with Gasteiger partial charge in [-0.05, 0) is 90.5 Å². The molecule has 0 aliphatic carbocycles. The first-order valence-electron chi connectivity index (χ1n) is 24.2. The molecule has 14 atom stereocenters. The number of cyclic esters (lactones) is 1. The highest BCUT2D eigenvalue weighted by Crippen LogP contribution is 2.45. The lowest BCUT2D eigenvalue weighted by molar-refractivity contribution is -0.333. The fourth-order valence-corrected chi connectivity index (χ4v) is 9.08. The SMILES string of the molecule is CCc1c(Cl)c(O)c(Cl)c(O)c1C(=O)O[C@@H]1[C@@H](O)[C@H](OC)[C@@H](OC/C2=C/C=C/C[C@H](O)/C(C)=C/[C@H](CC)[C@@H](O[C@@H]3OC(C)(C)[C@H](O)[C@@H](OC(=O)C(C)C)[C@@H]3O)/C(C)=C/C(C)=C/C[C@H]([C@@H](C)O)OC2=O)O[C@@H]1C. The van der Waals surface area contributed by atoms with Crippen molar-refractivity contribution in [3.05, 3.63) is 79.9 Å². The number of phenolic OH excluding ortho intramolecular Hbond substituents is 2. The van der Waals surface area contributed by atoms with Crippen LogP contribution in [0.25, 0.3) is 0 Å². The maximum atomic E-state index is 14.0. The minimum absolute atomic E-state index is 0.0379. The van der Waals surface area contributed by atoms with Crippen LogP contribution in [0.2, 0.25) is 10.0 Å². The van der Waals surface area contributed by atoms with Crippen molar-refractivity contribution in [2.45, 2.75) is 187 Å². The first-order chi connectivity index (χ1) is 33.7. The van der Waals surface area contributed by atoms with E-state index in [1.807, 2.05) is 32.9 Å². The van der Waals surface area contributed by atoms with Gasteiger partial charge in [-0.2, -0.15) is 0 Å². The molecule has 1 aromatic carbocycles. The standard InChI is InChI=1S/C52H74Cl2O18/c1-13-30-22-26(6)33(56)18-16-15-17-31(23-66-51-45(65-12)40(59)43(29(9)67-51)69-49(64)35-32(14-2)36(53)39(58)37(54)38(35)57)48(63)68-34(28(8)55)20-19-25(5)21-27(7)42(30)71-50-41(60)44(70-47(62)24(3)4)46(61)52(10,11)72-50/h15-17,19,21-22,24,28-30,33-34,40-46,50-51,55-61H,13-14,18,20,23H2,1-12H3/b16-15+,25-19+,26-22+,27-21+,31-17-/t28-,29-,30+,33+,34-,40-,41+,42+,43+,44+,45+,46-,50-,51+/m1/s1. The van der Waals surface area contributed by atoms with E-state index < -0.39 is 144 Å². The van der Waals surface area contributed by atoms with Crippen molar-refractivity contribution in [3.63, 3.8) is 0 Å². The number of benzene rings is 1. The summed E-state index contributed by atoms with van der Waals surface area (Å²) >= 11 is 12.3. The molecule has 3 aliphatic heterocycles. The molecule has 3 aliphatic rings. The first-order valence-corrected chi connectivity index (χ1v) is 24.9. The minimum atomic E-state index is -1.57. The number of rotatable bonds is 13. The average molecular weight is 1060 g/mol. The van der Waals surface area contributed by atoms with Crippen LogP contribution < -0.4 is 0 Å². The van der Waals surface area contributed by atoms with Gasteiger partial charge in [-0.1, -0.05) is 86.9 Å². The van der Waals surface area contributed by atoms with Gasteiger partial charge in [0, 0.05) is 19.4 Å². The lowest BCUT2D eigenvalue weighted by Gasteiger charge is -2.47. The van der Waals surface area contributed by atoms with Crippen molar-refractivity contribution in [1.29, 1.82) is 0 Å². The molecule has 7 N–H and O–H groups in total. The second kappa shape index (κ2) is 26.5. The number of aromatic hydroxyl groups is 2. The zero-order valence-electron chi connectivity index (χ0n) is 43.0. The van der Waals surface area contributed by atoms with Crippen LogP contribution in [0.15, 0.2) is 58.7 Å². The van der Waals surface area contributed by atoms with Crippen LogP contribution >= 0.6 is 23.2 Å². The molecule has 0 aromatic heterocycles. The van der Waals surface area contributed by atoms with Crippen molar-refractivity contribution < 1.29 is 88.0 Å². The Bertz CT molecular complexity index is 2220. The number of aliphatic hydroxyl groups excluding tert-OH is 5. The van der Waals surface area contributed by atoms with E-state index in [-0.39, 0.29) is 35.4 Å². The van der Waals surface area contributed by atoms with Crippen LogP contribution in [-0.4, -0.2) is 153 Å². The molecule has 4 rings (SSSR count). The van der Waals surface area contributed by atoms with Gasteiger partial charge in [0.15, 0.2) is 36.3 Å². The number of halogens is 2. The van der Waals surface area contributed by atoms with Crippen LogP contribution in [0.4, 0.5) is 0 Å². The van der Waals surface area contributed by atoms with Gasteiger partial charge in [0.25, 0.3) is 0 Å². The fraction of sp³-hybridized carbons (Fsp3) is 0.635. The fourth-order valence-electron chi connectivity index (χ4n) is 8.52. The van der Waals surface area contributed by atoms with E-state index in [9.17, 15) is 50.1 Å². The summed E-state index contributed by atoms with van der Waals surface area (Å²) in [5.74, 6) is -4.88. The quantitative estimate of drug-likeness (QED) is 0.0655. The van der Waals surface area contributed by atoms with E-state index >= 15 is 0 Å². The molecule has 0 unspecified atom stereocenters. The molecule has 18 nitrogen and oxygen atoms in total. The molecule has 0 radical (unpaired) electrons. The van der Waals surface area contributed by atoms with E-state index in [0.717, 1.165) is 0 Å². The number of carbonyl (C=O) groups is 3. The molecule has 72 heavy (non-hydrogen) atoms. The third-order valence-corrected chi connectivity index (χ3v) is 13.8. The monoisotopic (exact) mass is 1060 g/mol. The van der Waals surface area contributed by atoms with Gasteiger partial charge in [-0.3, -0.25) is 4.79 Å². The third kappa shape index (κ3) is 14.7. The summed E-state index contributed by atoms with van der Waals surface area (Å²) in [4.78, 5) is 40.1. The summed E-state index contributed by atoms with van der Waals surface area (Å²) in [5, 5.41) is 76.5. The molecule has 2 saturated heterocycles. The van der Waals surface area contributed by atoms with E-state index in [2.05, 4.69) is 0 Å². The highest BCUT2D eigenvalue weighted by Gasteiger charge is 2.53. The van der Waals surface area contributed by atoms with Gasteiger partial charge < -0.3 is 73.6 Å². The summed E-state index contributed by atoms with van der Waals surface area (Å²) < 4.78 is 47.5. The van der Waals surface area contributed by atoms with Crippen LogP contribution in [0.5, 0.6) is 11.5 Å². The topological polar surface area (TPSA) is 267 Å². The lowest BCUT2D eigenvalue weighted by atomic mass is 9.88. The number of methoxy groups -OCH3 is 1. The highest BCUT2D eigenvalue weighted by molar-refractivity contribution is 6.39. The number of hydrogen-bond donors (Lipinski definition) is 7. The number of hydrogen-bond acceptors (Lipinski definition) is 18. The van der Waals surface area contributed by atoms with E-state index in [0.29, 0.717) is 23.1 Å². The van der Waals surface area contributed by atoms with Crippen molar-refractivity contribution in [1.82, 2.24) is 0 Å². The van der Waals surface area contributed by atoms with Crippen molar-refractivity contribution in [2.24, 2.45) is 11.8 Å². The molecular weight excluding hydrogens is 983 g/mol. The number of carbonyl (C=O) groups excluding carboxylic acids is 3. The van der Waals surface area contributed by atoms with Gasteiger partial charge in [0.1, 0.15) is 41.1 Å². The zero-order valence-corrected chi connectivity index (χ0v) is 44.5. The number of phenols is 2. The first kappa shape index (κ1) is 60.7. The molecule has 0 spiro atoms. The van der Waals surface area contributed by atoms with E-state index in [1.165, 1.54) is 33.1 Å². The number of allylic oxidation sites excluding steroid dienone is 4. The highest BCUT2D eigenvalue weighted by atomic mass is 35.5. The van der Waals surface area contributed by atoms with Gasteiger partial charge in [-0.15, -0.1) is 0 Å². The Hall–Kier alpha value is -3.89. The summed E-state index contributed by atoms with van der Waals surface area (Å²) in [5.41, 5.74) is 0.283. The lowest BCUT2D eigenvalue weighted by Crippen LogP contribution is -2.64. The Morgan fingerprint density at radius 3 is 2.17 bits per heavy atom. The molecule has 20 heteroatoms. The second-order valence-electron chi connectivity index (χ2n) is 19.4. The Morgan fingerprint density at radius 1 is 0.903 bits per heavy atom. The molecule has 0 amide bonds. The smallest absolute Gasteiger partial charge is 0.342 e. The van der Waals surface area contributed by atoms with Gasteiger partial charge in [0.05, 0.1) is 53.1 Å². The van der Waals surface area contributed by atoms with E-state index in [4.69, 9.17) is 61.1 Å². The van der Waals surface area contributed by atoms with Crippen LogP contribution in [0.3, 0.4) is 0 Å². The van der Waals surface area contributed by atoms with Gasteiger partial charge in [0.2, 0.25) is 0 Å². The predicted molar refractivity (Wildman–Crippen MR) is 265 cm³/mol. The van der Waals surface area contributed by atoms with Crippen molar-refractivity contribution >= 4 is 41.1 Å². The summed E-state index contributed by atoms with van der Waals surface area (Å²) in [6.07, 6.45) is -5.43. The zero-order chi connectivity index (χ0) is 54.1. The largest absolute Gasteiger partial charge is 0.505 e. The van der Waals surface area contributed by atoms with Crippen molar-refractivity contribution in [3.8, 4) is 11.5 Å². The Labute approximate surface area is 431 Å². The normalized spacial score (nSPS) is 34.8. The molecule has 1 aromatic rings. The number of esters is 3. The summed E-state index contributed by atoms with van der Waals surface area (Å²) in [6, 6.07) is 0. The minimum Gasteiger partial charge on any atom is -0.505 e. The molecule has 0 saturated carbocycles. The molecular formula is C52H74Cl2O18. The van der Waals surface area contributed by atoms with Gasteiger partial charge in [-0.25, -0.2) is 9.59 Å².